The maximum absolute atomic E-state index is 13.7. The molecule has 0 atom stereocenters. The summed E-state index contributed by atoms with van der Waals surface area (Å²) >= 11 is 0. The van der Waals surface area contributed by atoms with Gasteiger partial charge in [-0.05, 0) is 37.0 Å². The van der Waals surface area contributed by atoms with E-state index in [-0.39, 0.29) is 11.8 Å². The van der Waals surface area contributed by atoms with Gasteiger partial charge in [-0.2, -0.15) is 0 Å². The number of nitrogens with zero attached hydrogens (tertiary/aromatic N) is 2. The highest BCUT2D eigenvalue weighted by atomic mass is 16.5. The van der Waals surface area contributed by atoms with Crippen molar-refractivity contribution in [1.82, 2.24) is 4.90 Å². The summed E-state index contributed by atoms with van der Waals surface area (Å²) in [7, 11) is 4.63. The first-order chi connectivity index (χ1) is 16.0. The summed E-state index contributed by atoms with van der Waals surface area (Å²) in [5, 5.41) is 0. The van der Waals surface area contributed by atoms with Gasteiger partial charge < -0.3 is 14.1 Å². The Bertz CT molecular complexity index is 1070. The fraction of sp³-hybridized carbons (Fsp3) is 0.345. The first-order valence-electron chi connectivity index (χ1n) is 12.0. The largest absolute Gasteiger partial charge is 0.457 e. The molecule has 0 saturated carbocycles. The summed E-state index contributed by atoms with van der Waals surface area (Å²) in [4.78, 5) is 15.7. The van der Waals surface area contributed by atoms with Gasteiger partial charge in [0.1, 0.15) is 17.5 Å². The van der Waals surface area contributed by atoms with Crippen LogP contribution in [0.5, 0.6) is 11.5 Å². The molecule has 1 saturated heterocycles. The number of para-hydroxylation sites is 2. The summed E-state index contributed by atoms with van der Waals surface area (Å²) in [6, 6.07) is 27.1. The number of unbranched alkanes of at least 4 members (excludes halogenated alkanes) is 1. The lowest BCUT2D eigenvalue weighted by atomic mass is 9.85. The molecule has 2 aliphatic heterocycles. The van der Waals surface area contributed by atoms with Crippen LogP contribution in [0.4, 0.5) is 0 Å². The summed E-state index contributed by atoms with van der Waals surface area (Å²) in [6.45, 7) is 2.79. The molecule has 0 bridgehead atoms. The third kappa shape index (κ3) is 4.40. The molecule has 3 aromatic rings. The molecule has 0 aliphatic carbocycles. The zero-order valence-electron chi connectivity index (χ0n) is 19.6. The smallest absolute Gasteiger partial charge is 0.235 e. The Balaban J connectivity index is 1.20. The van der Waals surface area contributed by atoms with Crippen LogP contribution in [0.1, 0.15) is 35.4 Å². The predicted molar refractivity (Wildman–Crippen MR) is 132 cm³/mol. The Morgan fingerprint density at radius 2 is 1.42 bits per heavy atom. The van der Waals surface area contributed by atoms with Gasteiger partial charge in [-0.1, -0.05) is 66.7 Å². The molecule has 33 heavy (non-hydrogen) atoms. The van der Waals surface area contributed by atoms with Crippen LogP contribution in [0.2, 0.25) is 0 Å². The molecular weight excluding hydrogens is 408 g/mol. The third-order valence-corrected chi connectivity index (χ3v) is 7.38. The summed E-state index contributed by atoms with van der Waals surface area (Å²) in [5.74, 6) is 1.49. The molecule has 4 nitrogen and oxygen atoms in total. The van der Waals surface area contributed by atoms with E-state index in [0.717, 1.165) is 53.2 Å². The molecule has 5 rings (SSSR count). The number of hydrogen-bond acceptors (Lipinski definition) is 2. The van der Waals surface area contributed by atoms with Gasteiger partial charge in [-0.15, -0.1) is 0 Å². The van der Waals surface area contributed by atoms with Crippen molar-refractivity contribution in [1.29, 1.82) is 0 Å². The molecule has 4 heteroatoms. The molecule has 2 heterocycles. The zero-order valence-corrected chi connectivity index (χ0v) is 19.6. The van der Waals surface area contributed by atoms with Crippen molar-refractivity contribution < 1.29 is 14.0 Å². The Morgan fingerprint density at radius 1 is 0.848 bits per heavy atom. The quantitative estimate of drug-likeness (QED) is 0.371. The minimum Gasteiger partial charge on any atom is -0.457 e. The standard InChI is InChI=1S/C29H33N2O2/c1-31(2,19-11-10-14-22-12-4-3-5-13-22)23-20-30(21-23)29(32)28-24-15-6-8-17-26(24)33-27-18-9-7-16-25(27)28/h3-9,12-13,15-18,23,28H,10-11,14,19-21H2,1-2H3/q+1. The van der Waals surface area contributed by atoms with Crippen LogP contribution >= 0.6 is 0 Å². The summed E-state index contributed by atoms with van der Waals surface area (Å²) in [5.41, 5.74) is 3.36. The third-order valence-electron chi connectivity index (χ3n) is 7.38. The topological polar surface area (TPSA) is 29.5 Å². The molecular formula is C29H33N2O2+. The average molecular weight is 442 g/mol. The van der Waals surface area contributed by atoms with Crippen molar-refractivity contribution in [3.63, 3.8) is 0 Å². The van der Waals surface area contributed by atoms with Crippen molar-refractivity contribution in [2.24, 2.45) is 0 Å². The number of hydrogen-bond donors (Lipinski definition) is 0. The molecule has 1 amide bonds. The molecule has 1 fully saturated rings. The number of carbonyl (C=O) groups is 1. The number of carbonyl (C=O) groups excluding carboxylic acids is 1. The Morgan fingerprint density at radius 3 is 2.06 bits per heavy atom. The van der Waals surface area contributed by atoms with Crippen molar-refractivity contribution in [2.75, 3.05) is 33.7 Å². The highest BCUT2D eigenvalue weighted by molar-refractivity contribution is 5.90. The first kappa shape index (κ1) is 21.7. The summed E-state index contributed by atoms with van der Waals surface area (Å²) < 4.78 is 7.05. The molecule has 0 radical (unpaired) electrons. The molecule has 0 spiro atoms. The van der Waals surface area contributed by atoms with Gasteiger partial charge in [-0.3, -0.25) is 4.79 Å². The lowest BCUT2D eigenvalue weighted by molar-refractivity contribution is -0.919. The lowest BCUT2D eigenvalue weighted by Crippen LogP contribution is -2.67. The maximum atomic E-state index is 13.7. The second-order valence-corrected chi connectivity index (χ2v) is 9.95. The number of ether oxygens (including phenoxy) is 1. The number of aryl methyl sites for hydroxylation is 1. The summed E-state index contributed by atoms with van der Waals surface area (Å²) in [6.07, 6.45) is 3.54. The van der Waals surface area contributed by atoms with Crippen LogP contribution < -0.4 is 4.74 Å². The van der Waals surface area contributed by atoms with E-state index in [1.54, 1.807) is 0 Å². The highest BCUT2D eigenvalue weighted by Gasteiger charge is 2.45. The predicted octanol–water partition coefficient (Wildman–Crippen LogP) is 5.23. The molecule has 2 aliphatic rings. The Labute approximate surface area is 197 Å². The number of likely N-dealkylation sites (N-methyl/N-ethyl adjacent to an activating group) is 1. The van der Waals surface area contributed by atoms with Crippen LogP contribution in [0.3, 0.4) is 0 Å². The van der Waals surface area contributed by atoms with Gasteiger partial charge in [-0.25, -0.2) is 0 Å². The van der Waals surface area contributed by atoms with Crippen LogP contribution in [-0.2, 0) is 11.2 Å². The fourth-order valence-electron chi connectivity index (χ4n) is 5.11. The Hall–Kier alpha value is -3.11. The van der Waals surface area contributed by atoms with Crippen molar-refractivity contribution in [3.05, 3.63) is 95.6 Å². The van der Waals surface area contributed by atoms with E-state index in [9.17, 15) is 4.79 Å². The molecule has 0 unspecified atom stereocenters. The van der Waals surface area contributed by atoms with E-state index in [1.165, 1.54) is 18.4 Å². The fourth-order valence-corrected chi connectivity index (χ4v) is 5.11. The van der Waals surface area contributed by atoms with Crippen molar-refractivity contribution in [2.45, 2.75) is 31.2 Å². The van der Waals surface area contributed by atoms with Gasteiger partial charge in [0, 0.05) is 11.1 Å². The van der Waals surface area contributed by atoms with E-state index in [4.69, 9.17) is 4.74 Å². The van der Waals surface area contributed by atoms with E-state index in [2.05, 4.69) is 44.4 Å². The minimum absolute atomic E-state index is 0.193. The van der Waals surface area contributed by atoms with E-state index < -0.39 is 0 Å². The van der Waals surface area contributed by atoms with E-state index in [0.29, 0.717) is 6.04 Å². The number of likely N-dealkylation sites (tertiary alicyclic amines) is 1. The maximum Gasteiger partial charge on any atom is 0.235 e. The number of benzene rings is 3. The van der Waals surface area contributed by atoms with Crippen molar-refractivity contribution >= 4 is 5.91 Å². The van der Waals surface area contributed by atoms with Crippen LogP contribution in [0, 0.1) is 0 Å². The monoisotopic (exact) mass is 441 g/mol. The SMILES string of the molecule is C[N+](C)(CCCCc1ccccc1)C1CN(C(=O)C2c3ccccc3Oc3ccccc32)C1. The normalized spacial score (nSPS) is 15.9. The average Bonchev–Trinajstić information content (AvgIpc) is 2.79. The number of quaternary nitrogens is 1. The lowest BCUT2D eigenvalue weighted by Gasteiger charge is -2.49. The van der Waals surface area contributed by atoms with Crippen molar-refractivity contribution in [3.8, 4) is 11.5 Å². The number of amides is 1. The second-order valence-electron chi connectivity index (χ2n) is 9.95. The van der Waals surface area contributed by atoms with Gasteiger partial charge in [0.05, 0.1) is 39.6 Å². The van der Waals surface area contributed by atoms with E-state index in [1.807, 2.05) is 53.4 Å². The molecule has 170 valence electrons. The van der Waals surface area contributed by atoms with Gasteiger partial charge in [0.15, 0.2) is 0 Å². The van der Waals surface area contributed by atoms with Gasteiger partial charge in [0.2, 0.25) is 5.91 Å². The number of rotatable bonds is 7. The van der Waals surface area contributed by atoms with Gasteiger partial charge >= 0.3 is 0 Å². The zero-order chi connectivity index (χ0) is 22.8. The Kier molecular flexibility index (Phi) is 5.94. The first-order valence-corrected chi connectivity index (χ1v) is 12.0. The van der Waals surface area contributed by atoms with Gasteiger partial charge in [0.25, 0.3) is 0 Å². The van der Waals surface area contributed by atoms with Crippen LogP contribution in [0.25, 0.3) is 0 Å². The van der Waals surface area contributed by atoms with E-state index >= 15 is 0 Å². The molecule has 0 N–H and O–H groups in total. The van der Waals surface area contributed by atoms with Crippen LogP contribution in [-0.4, -0.2) is 55.1 Å². The van der Waals surface area contributed by atoms with Crippen LogP contribution in [0.15, 0.2) is 78.9 Å². The minimum atomic E-state index is -0.284. The molecule has 0 aromatic heterocycles. The number of fused-ring (bicyclic) bond motifs is 2. The molecule has 3 aromatic carbocycles. The highest BCUT2D eigenvalue weighted by Crippen LogP contribution is 2.45. The second kappa shape index (κ2) is 9.03.